The topological polar surface area (TPSA) is 72.2 Å². The second-order valence-corrected chi connectivity index (χ2v) is 7.41. The van der Waals surface area contributed by atoms with E-state index in [2.05, 4.69) is 38.2 Å². The summed E-state index contributed by atoms with van der Waals surface area (Å²) in [6.45, 7) is 6.76. The number of sulfonamides is 1. The average Bonchev–Trinajstić information content (AvgIpc) is 2.27. The lowest BCUT2D eigenvalue weighted by Gasteiger charge is -2.31. The smallest absolute Gasteiger partial charge is 0.213 e. The van der Waals surface area contributed by atoms with Crippen molar-refractivity contribution < 1.29 is 8.42 Å². The fraction of sp³-hybridized carbons (Fsp3) is 0.571. The van der Waals surface area contributed by atoms with Crippen molar-refractivity contribution in [3.8, 4) is 0 Å². The molecule has 1 aromatic carbocycles. The lowest BCUT2D eigenvalue weighted by atomic mass is 9.89. The highest BCUT2D eigenvalue weighted by atomic mass is 32.2. The molecule has 4 nitrogen and oxygen atoms in total. The number of nitrogens with one attached hydrogen (secondary N) is 1. The first-order chi connectivity index (χ1) is 8.79. The zero-order valence-corrected chi connectivity index (χ0v) is 12.5. The molecule has 2 atom stereocenters. The van der Waals surface area contributed by atoms with Crippen LogP contribution in [0.2, 0.25) is 0 Å². The van der Waals surface area contributed by atoms with Crippen molar-refractivity contribution in [3.05, 3.63) is 34.4 Å². The SMILES string of the molecule is Cc1cc(C)c(C2CCC(S(N)(=O)=O)CN2)c(C)c1. The summed E-state index contributed by atoms with van der Waals surface area (Å²) in [4.78, 5) is 0. The second-order valence-electron chi connectivity index (χ2n) is 5.56. The van der Waals surface area contributed by atoms with E-state index in [0.717, 1.165) is 6.42 Å². The summed E-state index contributed by atoms with van der Waals surface area (Å²) >= 11 is 0. The molecule has 0 aromatic heterocycles. The van der Waals surface area contributed by atoms with Gasteiger partial charge in [0.15, 0.2) is 0 Å². The molecule has 3 N–H and O–H groups in total. The van der Waals surface area contributed by atoms with Gasteiger partial charge in [0.25, 0.3) is 0 Å². The first-order valence-corrected chi connectivity index (χ1v) is 8.22. The van der Waals surface area contributed by atoms with Crippen LogP contribution in [0, 0.1) is 20.8 Å². The number of primary sulfonamides is 1. The third-order valence-corrected chi connectivity index (χ3v) is 5.25. The van der Waals surface area contributed by atoms with Crippen molar-refractivity contribution in [2.45, 2.75) is 44.9 Å². The summed E-state index contributed by atoms with van der Waals surface area (Å²) in [5.74, 6) is 0. The molecule has 0 radical (unpaired) electrons. The lowest BCUT2D eigenvalue weighted by molar-refractivity contribution is 0.406. The number of hydrogen-bond donors (Lipinski definition) is 2. The van der Waals surface area contributed by atoms with Crippen LogP contribution < -0.4 is 10.5 Å². The molecule has 1 aliphatic heterocycles. The minimum Gasteiger partial charge on any atom is -0.309 e. The summed E-state index contributed by atoms with van der Waals surface area (Å²) in [5, 5.41) is 8.09. The highest BCUT2D eigenvalue weighted by Crippen LogP contribution is 2.30. The van der Waals surface area contributed by atoms with Crippen LogP contribution >= 0.6 is 0 Å². The Kier molecular flexibility index (Phi) is 3.99. The van der Waals surface area contributed by atoms with E-state index in [4.69, 9.17) is 5.14 Å². The van der Waals surface area contributed by atoms with Crippen LogP contribution in [0.15, 0.2) is 12.1 Å². The molecule has 1 heterocycles. The van der Waals surface area contributed by atoms with Crippen LogP contribution in [0.5, 0.6) is 0 Å². The Morgan fingerprint density at radius 1 is 1.16 bits per heavy atom. The number of rotatable bonds is 2. The van der Waals surface area contributed by atoms with Gasteiger partial charge in [0.05, 0.1) is 5.25 Å². The molecule has 0 bridgehead atoms. The van der Waals surface area contributed by atoms with Gasteiger partial charge < -0.3 is 5.32 Å². The molecule has 1 aromatic rings. The summed E-state index contributed by atoms with van der Waals surface area (Å²) < 4.78 is 22.7. The van der Waals surface area contributed by atoms with E-state index in [1.165, 1.54) is 22.3 Å². The fourth-order valence-corrected chi connectivity index (χ4v) is 3.89. The quantitative estimate of drug-likeness (QED) is 0.867. The van der Waals surface area contributed by atoms with Gasteiger partial charge in [0.2, 0.25) is 10.0 Å². The van der Waals surface area contributed by atoms with Crippen LogP contribution in [0.4, 0.5) is 0 Å². The molecule has 1 fully saturated rings. The van der Waals surface area contributed by atoms with Crippen LogP contribution in [-0.2, 0) is 10.0 Å². The summed E-state index contributed by atoms with van der Waals surface area (Å²) in [6.07, 6.45) is 1.44. The van der Waals surface area contributed by atoms with Gasteiger partial charge in [0, 0.05) is 12.6 Å². The van der Waals surface area contributed by atoms with E-state index in [1.807, 2.05) is 0 Å². The third-order valence-electron chi connectivity index (χ3n) is 3.92. The maximum absolute atomic E-state index is 11.3. The Morgan fingerprint density at radius 3 is 2.16 bits per heavy atom. The van der Waals surface area contributed by atoms with E-state index >= 15 is 0 Å². The minimum atomic E-state index is -3.42. The van der Waals surface area contributed by atoms with E-state index < -0.39 is 15.3 Å². The first kappa shape index (κ1) is 14.5. The summed E-state index contributed by atoms with van der Waals surface area (Å²) in [7, 11) is -3.42. The number of hydrogen-bond acceptors (Lipinski definition) is 3. The third kappa shape index (κ3) is 3.16. The van der Waals surface area contributed by atoms with E-state index in [-0.39, 0.29) is 6.04 Å². The van der Waals surface area contributed by atoms with Crippen molar-refractivity contribution in [3.63, 3.8) is 0 Å². The zero-order chi connectivity index (χ0) is 14.2. The highest BCUT2D eigenvalue weighted by Gasteiger charge is 2.29. The Balaban J connectivity index is 2.19. The normalized spacial score (nSPS) is 24.4. The molecule has 5 heteroatoms. The van der Waals surface area contributed by atoms with Gasteiger partial charge in [-0.3, -0.25) is 0 Å². The van der Waals surface area contributed by atoms with Crippen molar-refractivity contribution in [2.24, 2.45) is 5.14 Å². The van der Waals surface area contributed by atoms with Crippen molar-refractivity contribution in [2.75, 3.05) is 6.54 Å². The van der Waals surface area contributed by atoms with Crippen LogP contribution in [0.1, 0.15) is 41.1 Å². The van der Waals surface area contributed by atoms with E-state index in [9.17, 15) is 8.42 Å². The van der Waals surface area contributed by atoms with Crippen LogP contribution in [0.3, 0.4) is 0 Å². The number of benzene rings is 1. The molecule has 106 valence electrons. The van der Waals surface area contributed by atoms with Crippen molar-refractivity contribution in [1.82, 2.24) is 5.32 Å². The summed E-state index contributed by atoms with van der Waals surface area (Å²) in [6, 6.07) is 4.59. The fourth-order valence-electron chi connectivity index (χ4n) is 3.10. The van der Waals surface area contributed by atoms with Gasteiger partial charge in [-0.1, -0.05) is 17.7 Å². The molecule has 0 spiro atoms. The molecule has 1 aliphatic rings. The van der Waals surface area contributed by atoms with Gasteiger partial charge in [-0.15, -0.1) is 0 Å². The second kappa shape index (κ2) is 5.23. The molecule has 0 aliphatic carbocycles. The summed E-state index contributed by atoms with van der Waals surface area (Å²) in [5.41, 5.74) is 5.10. The molecule has 2 unspecified atom stereocenters. The van der Waals surface area contributed by atoms with Crippen molar-refractivity contribution in [1.29, 1.82) is 0 Å². The van der Waals surface area contributed by atoms with Gasteiger partial charge in [0.1, 0.15) is 0 Å². The largest absolute Gasteiger partial charge is 0.309 e. The number of piperidine rings is 1. The van der Waals surface area contributed by atoms with Gasteiger partial charge in [-0.2, -0.15) is 0 Å². The first-order valence-electron chi connectivity index (χ1n) is 6.62. The molecule has 2 rings (SSSR count). The van der Waals surface area contributed by atoms with Gasteiger partial charge in [-0.05, 0) is 50.3 Å². The lowest BCUT2D eigenvalue weighted by Crippen LogP contribution is -2.43. The maximum atomic E-state index is 11.3. The van der Waals surface area contributed by atoms with Crippen molar-refractivity contribution >= 4 is 10.0 Å². The van der Waals surface area contributed by atoms with Gasteiger partial charge in [-0.25, -0.2) is 13.6 Å². The predicted molar refractivity (Wildman–Crippen MR) is 77.5 cm³/mol. The Labute approximate surface area is 115 Å². The Morgan fingerprint density at radius 2 is 1.74 bits per heavy atom. The number of nitrogens with two attached hydrogens (primary N) is 1. The predicted octanol–water partition coefficient (Wildman–Crippen LogP) is 1.69. The highest BCUT2D eigenvalue weighted by molar-refractivity contribution is 7.89. The Hall–Kier alpha value is -0.910. The van der Waals surface area contributed by atoms with Crippen LogP contribution in [-0.4, -0.2) is 20.2 Å². The molecular weight excluding hydrogens is 260 g/mol. The zero-order valence-electron chi connectivity index (χ0n) is 11.7. The number of aryl methyl sites for hydroxylation is 3. The minimum absolute atomic E-state index is 0.235. The maximum Gasteiger partial charge on any atom is 0.213 e. The molecule has 19 heavy (non-hydrogen) atoms. The van der Waals surface area contributed by atoms with Gasteiger partial charge >= 0.3 is 0 Å². The molecular formula is C14H22N2O2S. The van der Waals surface area contributed by atoms with E-state index in [1.54, 1.807) is 0 Å². The molecule has 0 amide bonds. The Bertz CT molecular complexity index is 550. The standard InChI is InChI=1S/C14H22N2O2S/c1-9-6-10(2)14(11(3)7-9)13-5-4-12(8-16-13)19(15,17)18/h6-7,12-13,16H,4-5,8H2,1-3H3,(H2,15,17,18). The molecule has 0 saturated carbocycles. The van der Waals surface area contributed by atoms with E-state index in [0.29, 0.717) is 13.0 Å². The average molecular weight is 282 g/mol. The monoisotopic (exact) mass is 282 g/mol. The van der Waals surface area contributed by atoms with Crippen LogP contribution in [0.25, 0.3) is 0 Å². The molecule has 1 saturated heterocycles.